The van der Waals surface area contributed by atoms with E-state index in [0.29, 0.717) is 23.9 Å². The monoisotopic (exact) mass is 470 g/mol. The van der Waals surface area contributed by atoms with E-state index in [1.54, 1.807) is 18.2 Å². The Morgan fingerprint density at radius 1 is 1.19 bits per heavy atom. The smallest absolute Gasteiger partial charge is 0.244 e. The fourth-order valence-corrected chi connectivity index (χ4v) is 4.58. The van der Waals surface area contributed by atoms with Crippen LogP contribution in [0.5, 0.6) is 11.5 Å². The molecular weight excluding hydrogens is 443 g/mol. The second kappa shape index (κ2) is 11.9. The summed E-state index contributed by atoms with van der Waals surface area (Å²) in [6.45, 7) is 2.52. The van der Waals surface area contributed by atoms with Crippen LogP contribution in [0.1, 0.15) is 18.9 Å². The summed E-state index contributed by atoms with van der Waals surface area (Å²) in [6, 6.07) is 9.28. The fraction of sp³-hybridized carbons (Fsp3) is 0.381. The topological polar surface area (TPSA) is 93.7 Å². The Bertz CT molecular complexity index is 985. The first-order valence-corrected chi connectivity index (χ1v) is 12.5. The molecular formula is C21H27FN2O5S2. The zero-order valence-corrected chi connectivity index (χ0v) is 19.3. The minimum Gasteiger partial charge on any atom is -0.493 e. The number of carbonyl (C=O) groups excluding carboxylic acids is 1. The van der Waals surface area contributed by atoms with Crippen molar-refractivity contribution in [1.82, 2.24) is 10.0 Å². The zero-order chi connectivity index (χ0) is 22.9. The molecule has 10 heteroatoms. The third kappa shape index (κ3) is 7.12. The molecule has 1 atom stereocenters. The molecule has 170 valence electrons. The van der Waals surface area contributed by atoms with Crippen molar-refractivity contribution < 1.29 is 27.1 Å². The highest BCUT2D eigenvalue weighted by Crippen LogP contribution is 2.28. The van der Waals surface area contributed by atoms with E-state index < -0.39 is 32.7 Å². The van der Waals surface area contributed by atoms with Crippen LogP contribution in [0.4, 0.5) is 4.39 Å². The van der Waals surface area contributed by atoms with Gasteiger partial charge in [0, 0.05) is 6.54 Å². The lowest BCUT2D eigenvalue weighted by atomic mass is 10.2. The van der Waals surface area contributed by atoms with Crippen LogP contribution in [0.2, 0.25) is 0 Å². The second-order valence-corrected chi connectivity index (χ2v) is 9.19. The van der Waals surface area contributed by atoms with E-state index in [1.165, 1.54) is 31.0 Å². The van der Waals surface area contributed by atoms with Crippen LogP contribution in [0.3, 0.4) is 0 Å². The molecule has 2 aromatic carbocycles. The van der Waals surface area contributed by atoms with Gasteiger partial charge in [0.25, 0.3) is 0 Å². The third-order valence-corrected chi connectivity index (χ3v) is 6.49. The first-order chi connectivity index (χ1) is 14.8. The number of nitrogens with one attached hydrogen (secondary N) is 2. The quantitative estimate of drug-likeness (QED) is 0.495. The van der Waals surface area contributed by atoms with Crippen LogP contribution in [-0.2, 0) is 21.4 Å². The normalized spacial score (nSPS) is 12.3. The van der Waals surface area contributed by atoms with Crippen LogP contribution in [0, 0.1) is 5.82 Å². The molecule has 0 bridgehead atoms. The van der Waals surface area contributed by atoms with E-state index >= 15 is 0 Å². The molecule has 0 aliphatic rings. The summed E-state index contributed by atoms with van der Waals surface area (Å²) >= 11 is 1.48. The molecule has 1 unspecified atom stereocenters. The lowest BCUT2D eigenvalue weighted by Crippen LogP contribution is -2.46. The van der Waals surface area contributed by atoms with E-state index in [2.05, 4.69) is 10.0 Å². The van der Waals surface area contributed by atoms with Gasteiger partial charge in [-0.2, -0.15) is 16.5 Å². The summed E-state index contributed by atoms with van der Waals surface area (Å²) in [7, 11) is -2.68. The molecule has 0 aliphatic carbocycles. The molecule has 0 fully saturated rings. The molecule has 2 rings (SSSR count). The summed E-state index contributed by atoms with van der Waals surface area (Å²) in [5.74, 6) is 0.306. The first-order valence-electron chi connectivity index (χ1n) is 9.65. The molecule has 0 spiro atoms. The van der Waals surface area contributed by atoms with Crippen molar-refractivity contribution >= 4 is 27.7 Å². The number of carbonyl (C=O) groups is 1. The highest BCUT2D eigenvalue weighted by molar-refractivity contribution is 7.98. The lowest BCUT2D eigenvalue weighted by molar-refractivity contribution is -0.122. The minimum absolute atomic E-state index is 0.165. The molecule has 31 heavy (non-hydrogen) atoms. The number of hydrogen-bond acceptors (Lipinski definition) is 6. The predicted molar refractivity (Wildman–Crippen MR) is 120 cm³/mol. The van der Waals surface area contributed by atoms with Crippen molar-refractivity contribution in [2.45, 2.75) is 30.8 Å². The largest absolute Gasteiger partial charge is 0.493 e. The van der Waals surface area contributed by atoms with Gasteiger partial charge < -0.3 is 14.8 Å². The second-order valence-electron chi connectivity index (χ2n) is 6.52. The van der Waals surface area contributed by atoms with Crippen molar-refractivity contribution in [2.75, 3.05) is 25.7 Å². The van der Waals surface area contributed by atoms with E-state index in [0.717, 1.165) is 17.7 Å². The maximum atomic E-state index is 14.0. The molecule has 2 aromatic rings. The number of ether oxygens (including phenoxy) is 2. The Kier molecular flexibility index (Phi) is 9.60. The number of halogens is 1. The van der Waals surface area contributed by atoms with Gasteiger partial charge in [-0.15, -0.1) is 0 Å². The van der Waals surface area contributed by atoms with Crippen LogP contribution < -0.4 is 19.5 Å². The lowest BCUT2D eigenvalue weighted by Gasteiger charge is -2.19. The molecule has 7 nitrogen and oxygen atoms in total. The summed E-state index contributed by atoms with van der Waals surface area (Å²) in [4.78, 5) is 12.3. The maximum Gasteiger partial charge on any atom is 0.244 e. The number of sulfonamides is 1. The van der Waals surface area contributed by atoms with Crippen molar-refractivity contribution in [1.29, 1.82) is 0 Å². The van der Waals surface area contributed by atoms with Gasteiger partial charge in [-0.05, 0) is 55.2 Å². The zero-order valence-electron chi connectivity index (χ0n) is 17.7. The summed E-state index contributed by atoms with van der Waals surface area (Å²) in [5, 5.41) is 2.73. The number of methoxy groups -OCH3 is 1. The van der Waals surface area contributed by atoms with Gasteiger partial charge >= 0.3 is 0 Å². The SMILES string of the molecule is CCOc1ccc(CNC(=O)C(CCSC)NS(=O)(=O)c2ccccc2F)cc1OC. The first kappa shape index (κ1) is 25.0. The van der Waals surface area contributed by atoms with E-state index in [4.69, 9.17) is 9.47 Å². The van der Waals surface area contributed by atoms with Crippen LogP contribution in [0.15, 0.2) is 47.4 Å². The number of hydrogen-bond donors (Lipinski definition) is 2. The molecule has 0 saturated heterocycles. The van der Waals surface area contributed by atoms with Crippen molar-refractivity contribution in [3.8, 4) is 11.5 Å². The van der Waals surface area contributed by atoms with Gasteiger partial charge in [-0.25, -0.2) is 12.8 Å². The minimum atomic E-state index is -4.20. The van der Waals surface area contributed by atoms with Gasteiger partial charge in [0.1, 0.15) is 16.8 Å². The molecule has 0 radical (unpaired) electrons. The Labute approximate surface area is 186 Å². The summed E-state index contributed by atoms with van der Waals surface area (Å²) < 4.78 is 52.3. The van der Waals surface area contributed by atoms with Gasteiger partial charge in [0.2, 0.25) is 15.9 Å². The Morgan fingerprint density at radius 2 is 1.94 bits per heavy atom. The summed E-state index contributed by atoms with van der Waals surface area (Å²) in [5.41, 5.74) is 0.759. The standard InChI is InChI=1S/C21H27FN2O5S2/c1-4-29-18-10-9-15(13-19(18)28-2)14-23-21(25)17(11-12-30-3)24-31(26,27)20-8-6-5-7-16(20)22/h5-10,13,17,24H,4,11-12,14H2,1-3H3,(H,23,25). The van der Waals surface area contributed by atoms with Crippen molar-refractivity contribution in [3.63, 3.8) is 0 Å². The molecule has 0 heterocycles. The van der Waals surface area contributed by atoms with Gasteiger partial charge in [0.05, 0.1) is 13.7 Å². The number of rotatable bonds is 12. The molecule has 0 aliphatic heterocycles. The number of benzene rings is 2. The van der Waals surface area contributed by atoms with Crippen LogP contribution in [0.25, 0.3) is 0 Å². The van der Waals surface area contributed by atoms with Gasteiger partial charge in [0.15, 0.2) is 11.5 Å². The Balaban J connectivity index is 2.12. The van der Waals surface area contributed by atoms with Crippen molar-refractivity contribution in [2.24, 2.45) is 0 Å². The van der Waals surface area contributed by atoms with Crippen LogP contribution in [-0.4, -0.2) is 46.1 Å². The third-order valence-electron chi connectivity index (χ3n) is 4.35. The van der Waals surface area contributed by atoms with Gasteiger partial charge in [-0.1, -0.05) is 18.2 Å². The highest BCUT2D eigenvalue weighted by Gasteiger charge is 2.27. The molecule has 2 N–H and O–H groups in total. The average molecular weight is 471 g/mol. The molecule has 0 aromatic heterocycles. The van der Waals surface area contributed by atoms with E-state index in [9.17, 15) is 17.6 Å². The van der Waals surface area contributed by atoms with Gasteiger partial charge in [-0.3, -0.25) is 4.79 Å². The molecule has 1 amide bonds. The Hall–Kier alpha value is -2.30. The summed E-state index contributed by atoms with van der Waals surface area (Å²) in [6.07, 6.45) is 2.11. The highest BCUT2D eigenvalue weighted by atomic mass is 32.2. The molecule has 0 saturated carbocycles. The average Bonchev–Trinajstić information content (AvgIpc) is 2.75. The van der Waals surface area contributed by atoms with E-state index in [1.807, 2.05) is 13.2 Å². The van der Waals surface area contributed by atoms with Crippen LogP contribution >= 0.6 is 11.8 Å². The fourth-order valence-electron chi connectivity index (χ4n) is 2.80. The number of amides is 1. The predicted octanol–water partition coefficient (Wildman–Crippen LogP) is 2.95. The Morgan fingerprint density at radius 3 is 2.58 bits per heavy atom. The maximum absolute atomic E-state index is 14.0. The van der Waals surface area contributed by atoms with Crippen molar-refractivity contribution in [3.05, 3.63) is 53.8 Å². The number of thioether (sulfide) groups is 1. The van der Waals surface area contributed by atoms with E-state index in [-0.39, 0.29) is 13.0 Å².